The molecule has 2 aliphatic rings. The van der Waals surface area contributed by atoms with Crippen molar-refractivity contribution in [3.05, 3.63) is 107 Å². The fraction of sp³-hybridized carbons (Fsp3) is 0.276. The number of aromatic nitrogens is 1. The van der Waals surface area contributed by atoms with Gasteiger partial charge in [-0.3, -0.25) is 9.78 Å². The fourth-order valence-corrected chi connectivity index (χ4v) is 5.20. The van der Waals surface area contributed by atoms with Gasteiger partial charge in [-0.05, 0) is 46.7 Å². The van der Waals surface area contributed by atoms with Gasteiger partial charge in [-0.25, -0.2) is 4.79 Å². The van der Waals surface area contributed by atoms with Crippen molar-refractivity contribution in [1.29, 1.82) is 0 Å². The summed E-state index contributed by atoms with van der Waals surface area (Å²) in [5.41, 5.74) is 3.30. The van der Waals surface area contributed by atoms with Gasteiger partial charge in [0.1, 0.15) is 6.04 Å². The van der Waals surface area contributed by atoms with E-state index in [2.05, 4.69) is 4.98 Å². The van der Waals surface area contributed by atoms with Gasteiger partial charge in [0.25, 0.3) is 5.91 Å². The van der Waals surface area contributed by atoms with Gasteiger partial charge in [-0.1, -0.05) is 74.5 Å². The minimum atomic E-state index is -0.677. The predicted octanol–water partition coefficient (Wildman–Crippen LogP) is 4.30. The quantitative estimate of drug-likeness (QED) is 0.332. The number of esters is 1. The number of ether oxygens (including phenoxy) is 1. The van der Waals surface area contributed by atoms with Crippen molar-refractivity contribution in [2.24, 2.45) is 5.41 Å². The van der Waals surface area contributed by atoms with Crippen LogP contribution in [0, 0.1) is 5.41 Å². The number of benzene rings is 2. The third-order valence-electron chi connectivity index (χ3n) is 6.91. The molecule has 0 aliphatic carbocycles. The maximum Gasteiger partial charge on any atom is 0.330 e. The van der Waals surface area contributed by atoms with Crippen molar-refractivity contribution in [3.8, 4) is 0 Å². The van der Waals surface area contributed by atoms with Crippen LogP contribution in [0.3, 0.4) is 0 Å². The van der Waals surface area contributed by atoms with Crippen molar-refractivity contribution >= 4 is 18.0 Å². The number of rotatable bonds is 6. The lowest BCUT2D eigenvalue weighted by molar-refractivity contribution is -0.162. The molecule has 2 fully saturated rings. The zero-order valence-corrected chi connectivity index (χ0v) is 19.8. The molecule has 0 saturated carbocycles. The maximum absolute atomic E-state index is 13.6. The number of amides is 1. The fourth-order valence-electron chi connectivity index (χ4n) is 5.20. The molecule has 2 aliphatic heterocycles. The third kappa shape index (κ3) is 4.26. The van der Waals surface area contributed by atoms with E-state index in [1.165, 1.54) is 0 Å². The number of carbonyl (C=O) groups excluding carboxylic acids is 2. The van der Waals surface area contributed by atoms with Crippen molar-refractivity contribution in [3.63, 3.8) is 0 Å². The van der Waals surface area contributed by atoms with Crippen LogP contribution in [0.1, 0.15) is 48.8 Å². The van der Waals surface area contributed by atoms with Gasteiger partial charge in [-0.15, -0.1) is 0 Å². The minimum Gasteiger partial charge on any atom is -0.451 e. The molecule has 1 N–H and O–H groups in total. The largest absolute Gasteiger partial charge is 0.451 e. The molecule has 35 heavy (non-hydrogen) atoms. The van der Waals surface area contributed by atoms with E-state index in [4.69, 9.17) is 4.74 Å². The Morgan fingerprint density at radius 3 is 2.34 bits per heavy atom. The molecule has 3 heterocycles. The first-order chi connectivity index (χ1) is 16.9. The second-order valence-electron chi connectivity index (χ2n) is 9.81. The average molecular weight is 469 g/mol. The molecular weight excluding hydrogens is 440 g/mol. The molecule has 1 amide bonds. The molecule has 6 heteroatoms. The molecule has 0 radical (unpaired) electrons. The molecule has 178 valence electrons. The summed E-state index contributed by atoms with van der Waals surface area (Å²) in [5.74, 6) is -0.572. The SMILES string of the molecule is CC1(C)CC2/C(=C\c3cc(CO)ccn3)C(=O)N2[C@H]1C(=O)OC(c1ccccc1)c1ccccc1. The number of nitrogens with zero attached hydrogens (tertiary/aromatic N) is 2. The number of hydrogen-bond acceptors (Lipinski definition) is 5. The van der Waals surface area contributed by atoms with Crippen molar-refractivity contribution in [2.75, 3.05) is 0 Å². The monoisotopic (exact) mass is 468 g/mol. The van der Waals surface area contributed by atoms with E-state index in [1.54, 1.807) is 29.3 Å². The molecule has 3 aromatic rings. The Balaban J connectivity index is 1.41. The molecular formula is C29H28N2O4. The molecule has 0 spiro atoms. The molecule has 2 saturated heterocycles. The molecule has 1 aromatic heterocycles. The Hall–Kier alpha value is -3.77. The van der Waals surface area contributed by atoms with Crippen LogP contribution in [0.2, 0.25) is 0 Å². The summed E-state index contributed by atoms with van der Waals surface area (Å²) >= 11 is 0. The van der Waals surface area contributed by atoms with Crippen LogP contribution >= 0.6 is 0 Å². The highest BCUT2D eigenvalue weighted by atomic mass is 16.5. The van der Waals surface area contributed by atoms with E-state index in [0.717, 1.165) is 16.7 Å². The number of pyridine rings is 1. The normalized spacial score (nSPS) is 21.7. The first-order valence-electron chi connectivity index (χ1n) is 11.8. The molecule has 5 rings (SSSR count). The van der Waals surface area contributed by atoms with Crippen LogP contribution in [0.25, 0.3) is 6.08 Å². The van der Waals surface area contributed by atoms with Crippen LogP contribution in [0.5, 0.6) is 0 Å². The smallest absolute Gasteiger partial charge is 0.330 e. The molecule has 6 nitrogen and oxygen atoms in total. The summed E-state index contributed by atoms with van der Waals surface area (Å²) in [6.45, 7) is 3.92. The first kappa shape index (κ1) is 23.0. The molecule has 0 bridgehead atoms. The number of carbonyl (C=O) groups is 2. The zero-order valence-electron chi connectivity index (χ0n) is 19.8. The van der Waals surface area contributed by atoms with Gasteiger partial charge in [0.15, 0.2) is 6.10 Å². The van der Waals surface area contributed by atoms with E-state index in [9.17, 15) is 14.7 Å². The zero-order chi connectivity index (χ0) is 24.6. The molecule has 2 atom stereocenters. The predicted molar refractivity (Wildman–Crippen MR) is 132 cm³/mol. The van der Waals surface area contributed by atoms with Crippen molar-refractivity contribution in [2.45, 2.75) is 45.1 Å². The number of β-lactam (4-membered cyclic amide) rings is 1. The summed E-state index contributed by atoms with van der Waals surface area (Å²) in [4.78, 5) is 32.8. The second-order valence-corrected chi connectivity index (χ2v) is 9.81. The van der Waals surface area contributed by atoms with Crippen molar-refractivity contribution in [1.82, 2.24) is 9.88 Å². The van der Waals surface area contributed by atoms with Crippen LogP contribution in [-0.2, 0) is 20.9 Å². The number of aliphatic hydroxyl groups is 1. The summed E-state index contributed by atoms with van der Waals surface area (Å²) in [7, 11) is 0. The lowest BCUT2D eigenvalue weighted by Crippen LogP contribution is -2.58. The van der Waals surface area contributed by atoms with Crippen LogP contribution in [0.4, 0.5) is 0 Å². The number of fused-ring (bicyclic) bond motifs is 1. The van der Waals surface area contributed by atoms with E-state index < -0.39 is 23.5 Å². The maximum atomic E-state index is 13.6. The van der Waals surface area contributed by atoms with E-state index >= 15 is 0 Å². The number of aliphatic hydroxyl groups excluding tert-OH is 1. The van der Waals surface area contributed by atoms with Crippen LogP contribution in [-0.4, -0.2) is 39.0 Å². The summed E-state index contributed by atoms with van der Waals surface area (Å²) in [5, 5.41) is 9.40. The summed E-state index contributed by atoms with van der Waals surface area (Å²) in [6.07, 6.45) is 3.48. The Labute approximate surface area is 204 Å². The Kier molecular flexibility index (Phi) is 5.99. The second kappa shape index (κ2) is 9.12. The van der Waals surface area contributed by atoms with Crippen LogP contribution < -0.4 is 0 Å². The highest BCUT2D eigenvalue weighted by molar-refractivity contribution is 6.08. The van der Waals surface area contributed by atoms with Gasteiger partial charge in [0.05, 0.1) is 18.3 Å². The molecule has 2 aromatic carbocycles. The van der Waals surface area contributed by atoms with Crippen molar-refractivity contribution < 1.29 is 19.4 Å². The summed E-state index contributed by atoms with van der Waals surface area (Å²) < 4.78 is 6.13. The Bertz CT molecular complexity index is 1230. The van der Waals surface area contributed by atoms with E-state index in [-0.39, 0.29) is 18.6 Å². The number of hydrogen-bond donors (Lipinski definition) is 1. The Morgan fingerprint density at radius 1 is 1.11 bits per heavy atom. The first-order valence-corrected chi connectivity index (χ1v) is 11.8. The Morgan fingerprint density at radius 2 is 1.74 bits per heavy atom. The highest BCUT2D eigenvalue weighted by Gasteiger charge is 2.61. The average Bonchev–Trinajstić information content (AvgIpc) is 3.14. The summed E-state index contributed by atoms with van der Waals surface area (Å²) in [6, 6.07) is 22.0. The topological polar surface area (TPSA) is 79.7 Å². The van der Waals surface area contributed by atoms with Gasteiger partial charge in [-0.2, -0.15) is 0 Å². The highest BCUT2D eigenvalue weighted by Crippen LogP contribution is 2.50. The standard InChI is InChI=1S/C29H28N2O4/c1-29(2)17-24-23(16-22-15-19(18-32)13-14-30-22)27(33)31(24)26(29)28(34)35-25(20-9-5-3-6-10-20)21-11-7-4-8-12-21/h3-16,24-26,32H,17-18H2,1-2H3/b23-16+/t24?,26-/m0/s1. The lowest BCUT2D eigenvalue weighted by atomic mass is 9.83. The minimum absolute atomic E-state index is 0.0901. The van der Waals surface area contributed by atoms with Gasteiger partial charge >= 0.3 is 5.97 Å². The van der Waals surface area contributed by atoms with Gasteiger partial charge in [0.2, 0.25) is 0 Å². The van der Waals surface area contributed by atoms with Gasteiger partial charge < -0.3 is 14.7 Å². The van der Waals surface area contributed by atoms with E-state index in [1.807, 2.05) is 74.5 Å². The van der Waals surface area contributed by atoms with E-state index in [0.29, 0.717) is 17.7 Å². The third-order valence-corrected chi connectivity index (χ3v) is 6.91. The lowest BCUT2D eigenvalue weighted by Gasteiger charge is -2.41. The molecule has 1 unspecified atom stereocenters. The van der Waals surface area contributed by atoms with Gasteiger partial charge in [0, 0.05) is 11.8 Å². The van der Waals surface area contributed by atoms with Crippen LogP contribution in [0.15, 0.2) is 84.6 Å².